The van der Waals surface area contributed by atoms with Gasteiger partial charge in [0.15, 0.2) is 5.82 Å². The Balaban J connectivity index is 1.44. The first kappa shape index (κ1) is 18.3. The molecule has 1 fully saturated rings. The zero-order chi connectivity index (χ0) is 19.5. The first-order chi connectivity index (χ1) is 13.6. The van der Waals surface area contributed by atoms with Crippen LogP contribution >= 0.6 is 0 Å². The molecule has 0 unspecified atom stereocenters. The number of rotatable bonds is 6. The van der Waals surface area contributed by atoms with Crippen LogP contribution in [0, 0.1) is 5.92 Å². The van der Waals surface area contributed by atoms with Gasteiger partial charge >= 0.3 is 0 Å². The maximum absolute atomic E-state index is 12.6. The lowest BCUT2D eigenvalue weighted by Crippen LogP contribution is -2.31. The van der Waals surface area contributed by atoms with Crippen LogP contribution in [-0.2, 0) is 0 Å². The number of nitrogens with zero attached hydrogens (tertiary/aromatic N) is 2. The van der Waals surface area contributed by atoms with Crippen molar-refractivity contribution in [3.63, 3.8) is 0 Å². The highest BCUT2D eigenvalue weighted by molar-refractivity contribution is 5.96. The van der Waals surface area contributed by atoms with E-state index in [-0.39, 0.29) is 5.91 Å². The number of carbonyl (C=O) groups is 1. The molecule has 6 nitrogen and oxygen atoms in total. The minimum Gasteiger partial charge on any atom is -0.382 e. The molecular formula is C22H25N5O. The van der Waals surface area contributed by atoms with E-state index < -0.39 is 0 Å². The highest BCUT2D eigenvalue weighted by atomic mass is 16.1. The van der Waals surface area contributed by atoms with Crippen LogP contribution in [0.4, 0.5) is 5.82 Å². The molecule has 1 aliphatic heterocycles. The van der Waals surface area contributed by atoms with E-state index in [1.54, 1.807) is 0 Å². The lowest BCUT2D eigenvalue weighted by atomic mass is 10.0. The number of benzene rings is 2. The first-order valence-corrected chi connectivity index (χ1v) is 9.59. The molecule has 6 heteroatoms. The summed E-state index contributed by atoms with van der Waals surface area (Å²) in [5.74, 6) is 0.944. The summed E-state index contributed by atoms with van der Waals surface area (Å²) < 4.78 is 0. The number of aromatic amines is 1. The Morgan fingerprint density at radius 1 is 1.32 bits per heavy atom. The zero-order valence-corrected chi connectivity index (χ0v) is 15.8. The molecule has 0 saturated carbocycles. The Morgan fingerprint density at radius 2 is 2.18 bits per heavy atom. The number of aromatic nitrogens is 2. The molecule has 1 saturated heterocycles. The summed E-state index contributed by atoms with van der Waals surface area (Å²) in [6.07, 6.45) is 3.04. The van der Waals surface area contributed by atoms with Gasteiger partial charge in [0.1, 0.15) is 0 Å². The lowest BCUT2D eigenvalue weighted by molar-refractivity contribution is 0.0947. The van der Waals surface area contributed by atoms with E-state index in [2.05, 4.69) is 27.0 Å². The molecule has 0 bridgehead atoms. The number of nitrogen functional groups attached to an aromatic ring is 1. The van der Waals surface area contributed by atoms with E-state index in [9.17, 15) is 4.79 Å². The van der Waals surface area contributed by atoms with Gasteiger partial charge in [0.05, 0.1) is 5.52 Å². The number of nitrogens with two attached hydrogens (primary N) is 1. The van der Waals surface area contributed by atoms with E-state index in [1.807, 2.05) is 48.5 Å². The third kappa shape index (κ3) is 3.77. The molecule has 1 aliphatic rings. The Bertz CT molecular complexity index is 1010. The number of anilines is 1. The summed E-state index contributed by atoms with van der Waals surface area (Å²) in [7, 11) is 0. The summed E-state index contributed by atoms with van der Waals surface area (Å²) in [6, 6.07) is 13.6. The van der Waals surface area contributed by atoms with E-state index in [4.69, 9.17) is 5.73 Å². The number of fused-ring (bicyclic) bond motifs is 1. The van der Waals surface area contributed by atoms with Gasteiger partial charge in [0.25, 0.3) is 5.91 Å². The van der Waals surface area contributed by atoms with E-state index in [0.29, 0.717) is 23.8 Å². The second-order valence-corrected chi connectivity index (χ2v) is 7.36. The van der Waals surface area contributed by atoms with Gasteiger partial charge in [0.2, 0.25) is 0 Å². The van der Waals surface area contributed by atoms with Gasteiger partial charge < -0.3 is 11.1 Å². The van der Waals surface area contributed by atoms with Crippen molar-refractivity contribution < 1.29 is 4.79 Å². The second-order valence-electron chi connectivity index (χ2n) is 7.36. The van der Waals surface area contributed by atoms with E-state index in [0.717, 1.165) is 48.1 Å². The summed E-state index contributed by atoms with van der Waals surface area (Å²) in [5, 5.41) is 10.9. The van der Waals surface area contributed by atoms with Gasteiger partial charge in [-0.05, 0) is 54.3 Å². The maximum Gasteiger partial charge on any atom is 0.251 e. The van der Waals surface area contributed by atoms with Crippen LogP contribution in [0.5, 0.6) is 0 Å². The lowest BCUT2D eigenvalue weighted by Gasteiger charge is -2.14. The monoisotopic (exact) mass is 375 g/mol. The van der Waals surface area contributed by atoms with E-state index in [1.165, 1.54) is 0 Å². The predicted molar refractivity (Wildman–Crippen MR) is 113 cm³/mol. The summed E-state index contributed by atoms with van der Waals surface area (Å²) >= 11 is 0. The van der Waals surface area contributed by atoms with Crippen molar-refractivity contribution >= 4 is 22.6 Å². The normalized spacial score (nSPS) is 17.1. The molecule has 1 amide bonds. The number of carbonyl (C=O) groups excluding carboxylic acids is 1. The molecule has 0 radical (unpaired) electrons. The minimum absolute atomic E-state index is 0.0343. The van der Waals surface area contributed by atoms with Crippen molar-refractivity contribution in [1.29, 1.82) is 0 Å². The number of hydrogen-bond acceptors (Lipinski definition) is 4. The van der Waals surface area contributed by atoms with Crippen LogP contribution in [0.1, 0.15) is 16.8 Å². The molecule has 3 aromatic rings. The van der Waals surface area contributed by atoms with Crippen LogP contribution in [0.25, 0.3) is 22.0 Å². The highest BCUT2D eigenvalue weighted by Crippen LogP contribution is 2.27. The molecular weight excluding hydrogens is 350 g/mol. The van der Waals surface area contributed by atoms with E-state index >= 15 is 0 Å². The maximum atomic E-state index is 12.6. The van der Waals surface area contributed by atoms with Crippen molar-refractivity contribution in [3.8, 4) is 11.1 Å². The van der Waals surface area contributed by atoms with Crippen molar-refractivity contribution in [1.82, 2.24) is 20.4 Å². The summed E-state index contributed by atoms with van der Waals surface area (Å²) in [6.45, 7) is 7.49. The van der Waals surface area contributed by atoms with Gasteiger partial charge in [0, 0.05) is 30.6 Å². The topological polar surface area (TPSA) is 87.0 Å². The number of amides is 1. The Hall–Kier alpha value is -3.12. The van der Waals surface area contributed by atoms with Crippen LogP contribution in [0.15, 0.2) is 55.1 Å². The number of likely N-dealkylation sites (tertiary alicyclic amines) is 1. The smallest absolute Gasteiger partial charge is 0.251 e. The molecule has 0 aliphatic carbocycles. The van der Waals surface area contributed by atoms with Crippen LogP contribution < -0.4 is 11.1 Å². The molecule has 2 heterocycles. The van der Waals surface area contributed by atoms with Crippen LogP contribution in [-0.4, -0.2) is 47.2 Å². The standard InChI is InChI=1S/C22H25N5O/c1-2-9-27-10-8-15(14-27)13-24-22(28)18-5-3-4-16(11-18)17-6-7-20-19(12-17)21(23)26-25-20/h2-7,11-12,15H,1,8-10,13-14H2,(H,24,28)(H3,23,25,26)/t15-/m0/s1. The predicted octanol–water partition coefficient (Wildman–Crippen LogP) is 3.05. The van der Waals surface area contributed by atoms with Gasteiger partial charge in [-0.25, -0.2) is 0 Å². The zero-order valence-electron chi connectivity index (χ0n) is 15.8. The molecule has 28 heavy (non-hydrogen) atoms. The fourth-order valence-corrected chi connectivity index (χ4v) is 3.82. The van der Waals surface area contributed by atoms with Crippen molar-refractivity contribution in [2.45, 2.75) is 6.42 Å². The number of H-pyrrole nitrogens is 1. The molecule has 144 valence electrons. The van der Waals surface area contributed by atoms with Crippen molar-refractivity contribution in [2.24, 2.45) is 5.92 Å². The largest absolute Gasteiger partial charge is 0.382 e. The fraction of sp³-hybridized carbons (Fsp3) is 0.273. The number of hydrogen-bond donors (Lipinski definition) is 3. The third-order valence-corrected chi connectivity index (χ3v) is 5.36. The first-order valence-electron chi connectivity index (χ1n) is 9.59. The SMILES string of the molecule is C=CCN1CC[C@@H](CNC(=O)c2cccc(-c3ccc4[nH]nc(N)c4c3)c2)C1. The fourth-order valence-electron chi connectivity index (χ4n) is 3.82. The minimum atomic E-state index is -0.0343. The quantitative estimate of drug-likeness (QED) is 0.578. The van der Waals surface area contributed by atoms with Crippen molar-refractivity contribution in [3.05, 3.63) is 60.7 Å². The molecule has 2 aromatic carbocycles. The van der Waals surface area contributed by atoms with Crippen LogP contribution in [0.2, 0.25) is 0 Å². The van der Waals surface area contributed by atoms with Crippen LogP contribution in [0.3, 0.4) is 0 Å². The number of nitrogens with one attached hydrogen (secondary N) is 2. The Labute approximate surface area is 164 Å². The highest BCUT2D eigenvalue weighted by Gasteiger charge is 2.22. The molecule has 4 rings (SSSR count). The van der Waals surface area contributed by atoms with Gasteiger partial charge in [-0.2, -0.15) is 5.10 Å². The van der Waals surface area contributed by atoms with Gasteiger partial charge in [-0.3, -0.25) is 14.8 Å². The molecule has 1 atom stereocenters. The summed E-state index contributed by atoms with van der Waals surface area (Å²) in [4.78, 5) is 15.0. The third-order valence-electron chi connectivity index (χ3n) is 5.36. The van der Waals surface area contributed by atoms with Crippen molar-refractivity contribution in [2.75, 3.05) is 31.9 Å². The average molecular weight is 375 g/mol. The van der Waals surface area contributed by atoms with Gasteiger partial charge in [-0.1, -0.05) is 24.3 Å². The van der Waals surface area contributed by atoms with Gasteiger partial charge in [-0.15, -0.1) is 6.58 Å². The molecule has 1 aromatic heterocycles. The average Bonchev–Trinajstić information content (AvgIpc) is 3.33. The molecule has 4 N–H and O–H groups in total. The summed E-state index contributed by atoms with van der Waals surface area (Å²) in [5.41, 5.74) is 9.47. The second kappa shape index (κ2) is 7.86. The Morgan fingerprint density at radius 3 is 3.04 bits per heavy atom. The molecule has 0 spiro atoms. The Kier molecular flexibility index (Phi) is 5.12.